The maximum atomic E-state index is 12.3. The fourth-order valence-corrected chi connectivity index (χ4v) is 3.11. The van der Waals surface area contributed by atoms with Gasteiger partial charge in [-0.15, -0.1) is 0 Å². The van der Waals surface area contributed by atoms with Gasteiger partial charge in [-0.2, -0.15) is 5.26 Å². The zero-order chi connectivity index (χ0) is 17.6. The number of nitrogens with zero attached hydrogens (tertiary/aromatic N) is 2. The lowest BCUT2D eigenvalue weighted by Crippen LogP contribution is -2.32. The van der Waals surface area contributed by atoms with Crippen LogP contribution in [0.15, 0.2) is 48.5 Å². The van der Waals surface area contributed by atoms with Crippen LogP contribution < -0.4 is 5.32 Å². The average molecular weight is 333 g/mol. The van der Waals surface area contributed by atoms with E-state index in [9.17, 15) is 4.79 Å². The van der Waals surface area contributed by atoms with Gasteiger partial charge in [0.15, 0.2) is 0 Å². The number of hydrogen-bond donors (Lipinski definition) is 1. The molecule has 1 amide bonds. The predicted octanol–water partition coefficient (Wildman–Crippen LogP) is 4.04. The highest BCUT2D eigenvalue weighted by Gasteiger charge is 2.15. The number of carbonyl (C=O) groups excluding carboxylic acids is 1. The third-order valence-corrected chi connectivity index (χ3v) is 4.75. The molecule has 1 heterocycles. The van der Waals surface area contributed by atoms with E-state index in [4.69, 9.17) is 5.26 Å². The molecule has 1 N–H and O–H groups in total. The van der Waals surface area contributed by atoms with E-state index in [-0.39, 0.29) is 5.91 Å². The van der Waals surface area contributed by atoms with E-state index < -0.39 is 0 Å². The normalized spacial score (nSPS) is 15.5. The minimum absolute atomic E-state index is 0.199. The molecule has 128 valence electrons. The zero-order valence-electron chi connectivity index (χ0n) is 14.5. The van der Waals surface area contributed by atoms with Crippen LogP contribution in [0.25, 0.3) is 0 Å². The number of anilines is 1. The molecule has 1 aliphatic heterocycles. The molecule has 0 bridgehead atoms. The highest BCUT2D eigenvalue weighted by Crippen LogP contribution is 2.19. The lowest BCUT2D eigenvalue weighted by atomic mass is 9.99. The van der Waals surface area contributed by atoms with Crippen molar-refractivity contribution in [3.05, 3.63) is 65.2 Å². The molecular weight excluding hydrogens is 310 g/mol. The van der Waals surface area contributed by atoms with Crippen molar-refractivity contribution in [2.45, 2.75) is 26.3 Å². The topological polar surface area (TPSA) is 56.1 Å². The van der Waals surface area contributed by atoms with Gasteiger partial charge in [-0.25, -0.2) is 0 Å². The van der Waals surface area contributed by atoms with Crippen molar-refractivity contribution in [3.63, 3.8) is 0 Å². The highest BCUT2D eigenvalue weighted by atomic mass is 16.1. The number of piperidine rings is 1. The molecule has 2 aromatic rings. The van der Waals surface area contributed by atoms with Gasteiger partial charge >= 0.3 is 0 Å². The number of benzene rings is 2. The molecule has 0 atom stereocenters. The first-order valence-corrected chi connectivity index (χ1v) is 8.77. The monoisotopic (exact) mass is 333 g/mol. The minimum Gasteiger partial charge on any atom is -0.322 e. The van der Waals surface area contributed by atoms with Gasteiger partial charge in [0.2, 0.25) is 0 Å². The molecular formula is C21H23N3O. The molecule has 0 aromatic heterocycles. The van der Waals surface area contributed by atoms with E-state index in [1.807, 2.05) is 12.1 Å². The minimum atomic E-state index is -0.199. The SMILES string of the molecule is CC1CCN(Cc2ccc(NC(=O)c3cccc(C#N)c3)cc2)CC1. The lowest BCUT2D eigenvalue weighted by molar-refractivity contribution is 0.102. The molecule has 0 spiro atoms. The Kier molecular flexibility index (Phi) is 5.47. The largest absolute Gasteiger partial charge is 0.322 e. The fraction of sp³-hybridized carbons (Fsp3) is 0.333. The maximum Gasteiger partial charge on any atom is 0.255 e. The molecule has 3 rings (SSSR count). The predicted molar refractivity (Wildman–Crippen MR) is 99.2 cm³/mol. The van der Waals surface area contributed by atoms with Crippen molar-refractivity contribution in [2.24, 2.45) is 5.92 Å². The van der Waals surface area contributed by atoms with Gasteiger partial charge in [-0.05, 0) is 67.7 Å². The van der Waals surface area contributed by atoms with Crippen LogP contribution in [0.4, 0.5) is 5.69 Å². The summed E-state index contributed by atoms with van der Waals surface area (Å²) >= 11 is 0. The van der Waals surface area contributed by atoms with Crippen LogP contribution in [0.3, 0.4) is 0 Å². The Bertz CT molecular complexity index is 768. The van der Waals surface area contributed by atoms with Crippen molar-refractivity contribution in [3.8, 4) is 6.07 Å². The Morgan fingerprint density at radius 1 is 1.20 bits per heavy atom. The summed E-state index contributed by atoms with van der Waals surface area (Å²) in [6, 6.07) is 16.8. The van der Waals surface area contributed by atoms with E-state index in [2.05, 4.69) is 35.3 Å². The Morgan fingerprint density at radius 3 is 2.60 bits per heavy atom. The zero-order valence-corrected chi connectivity index (χ0v) is 14.5. The summed E-state index contributed by atoms with van der Waals surface area (Å²) < 4.78 is 0. The first-order valence-electron chi connectivity index (χ1n) is 8.77. The van der Waals surface area contributed by atoms with Gasteiger partial charge < -0.3 is 5.32 Å². The third kappa shape index (κ3) is 4.68. The second-order valence-corrected chi connectivity index (χ2v) is 6.80. The molecule has 0 aliphatic carbocycles. The first kappa shape index (κ1) is 17.2. The van der Waals surface area contributed by atoms with Gasteiger partial charge in [0.25, 0.3) is 5.91 Å². The van der Waals surface area contributed by atoms with E-state index in [0.29, 0.717) is 11.1 Å². The van der Waals surface area contributed by atoms with Gasteiger partial charge in [-0.1, -0.05) is 25.1 Å². The molecule has 0 radical (unpaired) electrons. The summed E-state index contributed by atoms with van der Waals surface area (Å²) in [6.07, 6.45) is 2.55. The van der Waals surface area contributed by atoms with Crippen molar-refractivity contribution < 1.29 is 4.79 Å². The van der Waals surface area contributed by atoms with Gasteiger partial charge in [0.05, 0.1) is 11.6 Å². The Hall–Kier alpha value is -2.64. The maximum absolute atomic E-state index is 12.3. The number of likely N-dealkylation sites (tertiary alicyclic amines) is 1. The van der Waals surface area contributed by atoms with E-state index >= 15 is 0 Å². The molecule has 0 saturated carbocycles. The Balaban J connectivity index is 1.58. The summed E-state index contributed by atoms with van der Waals surface area (Å²) in [4.78, 5) is 14.8. The third-order valence-electron chi connectivity index (χ3n) is 4.75. The van der Waals surface area contributed by atoms with Crippen molar-refractivity contribution in [1.29, 1.82) is 5.26 Å². The summed E-state index contributed by atoms with van der Waals surface area (Å²) in [5, 5.41) is 11.8. The number of amides is 1. The molecule has 4 heteroatoms. The van der Waals surface area contributed by atoms with Crippen LogP contribution in [0.1, 0.15) is 41.3 Å². The van der Waals surface area contributed by atoms with Crippen molar-refractivity contribution >= 4 is 11.6 Å². The van der Waals surface area contributed by atoms with E-state index in [1.165, 1.54) is 18.4 Å². The Labute approximate surface area is 149 Å². The number of rotatable bonds is 4. The lowest BCUT2D eigenvalue weighted by Gasteiger charge is -2.30. The summed E-state index contributed by atoms with van der Waals surface area (Å²) in [5.41, 5.74) is 3.01. The average Bonchev–Trinajstić information content (AvgIpc) is 2.65. The van der Waals surface area contributed by atoms with E-state index in [1.54, 1.807) is 24.3 Å². The molecule has 0 unspecified atom stereocenters. The van der Waals surface area contributed by atoms with Crippen LogP contribution in [-0.4, -0.2) is 23.9 Å². The van der Waals surface area contributed by atoms with Crippen LogP contribution in [0, 0.1) is 17.2 Å². The fourth-order valence-electron chi connectivity index (χ4n) is 3.11. The Morgan fingerprint density at radius 2 is 1.92 bits per heavy atom. The quantitative estimate of drug-likeness (QED) is 0.918. The first-order chi connectivity index (χ1) is 12.1. The second-order valence-electron chi connectivity index (χ2n) is 6.80. The smallest absolute Gasteiger partial charge is 0.255 e. The number of nitriles is 1. The molecule has 1 saturated heterocycles. The number of hydrogen-bond acceptors (Lipinski definition) is 3. The summed E-state index contributed by atoms with van der Waals surface area (Å²) in [5.74, 6) is 0.642. The van der Waals surface area contributed by atoms with Crippen LogP contribution in [0.2, 0.25) is 0 Å². The molecule has 1 aliphatic rings. The molecule has 1 fully saturated rings. The van der Waals surface area contributed by atoms with Crippen LogP contribution in [-0.2, 0) is 6.54 Å². The summed E-state index contributed by atoms with van der Waals surface area (Å²) in [7, 11) is 0. The number of carbonyl (C=O) groups is 1. The summed E-state index contributed by atoms with van der Waals surface area (Å²) in [6.45, 7) is 5.61. The number of nitrogens with one attached hydrogen (secondary N) is 1. The van der Waals surface area contributed by atoms with Crippen molar-refractivity contribution in [1.82, 2.24) is 4.90 Å². The highest BCUT2D eigenvalue weighted by molar-refractivity contribution is 6.04. The van der Waals surface area contributed by atoms with Gasteiger partial charge in [0.1, 0.15) is 0 Å². The molecule has 2 aromatic carbocycles. The van der Waals surface area contributed by atoms with Crippen molar-refractivity contribution in [2.75, 3.05) is 18.4 Å². The second kappa shape index (κ2) is 7.96. The molecule has 4 nitrogen and oxygen atoms in total. The molecule has 25 heavy (non-hydrogen) atoms. The van der Waals surface area contributed by atoms with Crippen LogP contribution >= 0.6 is 0 Å². The van der Waals surface area contributed by atoms with Crippen LogP contribution in [0.5, 0.6) is 0 Å². The van der Waals surface area contributed by atoms with Gasteiger partial charge in [0, 0.05) is 17.8 Å². The van der Waals surface area contributed by atoms with E-state index in [0.717, 1.165) is 31.2 Å². The standard InChI is InChI=1S/C21H23N3O/c1-16-9-11-24(12-10-16)15-17-5-7-20(8-6-17)23-21(25)19-4-2-3-18(13-19)14-22/h2-8,13,16H,9-12,15H2,1H3,(H,23,25). The van der Waals surface area contributed by atoms with Gasteiger partial charge in [-0.3, -0.25) is 9.69 Å².